The third-order valence-electron chi connectivity index (χ3n) is 3.96. The first-order chi connectivity index (χ1) is 9.36. The monoisotopic (exact) mass is 316 g/mol. The van der Waals surface area contributed by atoms with Gasteiger partial charge in [0.05, 0.1) is 23.5 Å². The molecule has 1 aliphatic heterocycles. The molecule has 2 unspecified atom stereocenters. The molecule has 0 bridgehead atoms. The van der Waals surface area contributed by atoms with Crippen molar-refractivity contribution in [3.8, 4) is 5.75 Å². The molecule has 2 rings (SSSR count). The predicted molar refractivity (Wildman–Crippen MR) is 82.5 cm³/mol. The first-order valence-electron chi connectivity index (χ1n) is 6.87. The second kappa shape index (κ2) is 5.94. The van der Waals surface area contributed by atoms with Gasteiger partial charge in [-0.05, 0) is 43.4 Å². The SMILES string of the molecule is COc1c(C)cc(C(Cl)C2CCCCS2(=O)=O)cc1C. The topological polar surface area (TPSA) is 43.4 Å². The average Bonchev–Trinajstić information content (AvgIpc) is 2.37. The molecule has 0 radical (unpaired) electrons. The molecule has 0 spiro atoms. The number of aryl methyl sites for hydroxylation is 2. The van der Waals surface area contributed by atoms with Crippen LogP contribution < -0.4 is 4.74 Å². The number of alkyl halides is 1. The Morgan fingerprint density at radius 1 is 1.25 bits per heavy atom. The maximum Gasteiger partial charge on any atom is 0.154 e. The van der Waals surface area contributed by atoms with Crippen LogP contribution in [0.1, 0.15) is 41.3 Å². The number of sulfone groups is 1. The van der Waals surface area contributed by atoms with Gasteiger partial charge in [-0.2, -0.15) is 0 Å². The molecule has 1 saturated heterocycles. The zero-order valence-corrected chi connectivity index (χ0v) is 13.7. The third-order valence-corrected chi connectivity index (χ3v) is 6.95. The van der Waals surface area contributed by atoms with Crippen molar-refractivity contribution < 1.29 is 13.2 Å². The number of ether oxygens (including phenoxy) is 1. The summed E-state index contributed by atoms with van der Waals surface area (Å²) in [6, 6.07) is 3.88. The Hall–Kier alpha value is -0.740. The summed E-state index contributed by atoms with van der Waals surface area (Å²) in [4.78, 5) is 0. The highest BCUT2D eigenvalue weighted by molar-refractivity contribution is 7.92. The zero-order chi connectivity index (χ0) is 14.9. The Morgan fingerprint density at radius 3 is 2.35 bits per heavy atom. The molecule has 5 heteroatoms. The summed E-state index contributed by atoms with van der Waals surface area (Å²) in [5, 5.41) is -0.950. The second-order valence-corrected chi connectivity index (χ2v) is 8.30. The molecule has 3 nitrogen and oxygen atoms in total. The maximum atomic E-state index is 12.2. The Labute approximate surface area is 126 Å². The Bertz CT molecular complexity index is 572. The smallest absolute Gasteiger partial charge is 0.154 e. The van der Waals surface area contributed by atoms with Gasteiger partial charge < -0.3 is 4.74 Å². The van der Waals surface area contributed by atoms with E-state index in [0.717, 1.165) is 35.3 Å². The van der Waals surface area contributed by atoms with Gasteiger partial charge in [0.15, 0.2) is 9.84 Å². The molecule has 0 aliphatic carbocycles. The number of hydrogen-bond donors (Lipinski definition) is 0. The summed E-state index contributed by atoms with van der Waals surface area (Å²) >= 11 is 6.49. The summed E-state index contributed by atoms with van der Waals surface area (Å²) < 4.78 is 29.7. The molecule has 1 aliphatic rings. The summed E-state index contributed by atoms with van der Waals surface area (Å²) in [6.07, 6.45) is 2.34. The van der Waals surface area contributed by atoms with Crippen LogP contribution in [0, 0.1) is 13.8 Å². The van der Waals surface area contributed by atoms with E-state index in [-0.39, 0.29) is 5.75 Å². The molecular formula is C15H21ClO3S. The molecule has 1 aromatic rings. The molecule has 20 heavy (non-hydrogen) atoms. The van der Waals surface area contributed by atoms with E-state index in [1.165, 1.54) is 0 Å². The van der Waals surface area contributed by atoms with Crippen LogP contribution in [0.3, 0.4) is 0 Å². The summed E-state index contributed by atoms with van der Waals surface area (Å²) in [5.41, 5.74) is 2.85. The van der Waals surface area contributed by atoms with Gasteiger partial charge in [0, 0.05) is 0 Å². The van der Waals surface area contributed by atoms with Gasteiger partial charge in [0.2, 0.25) is 0 Å². The van der Waals surface area contributed by atoms with E-state index in [9.17, 15) is 8.42 Å². The summed E-state index contributed by atoms with van der Waals surface area (Å²) in [7, 11) is -1.44. The lowest BCUT2D eigenvalue weighted by atomic mass is 9.99. The normalized spacial score (nSPS) is 23.3. The molecule has 0 aromatic heterocycles. The van der Waals surface area contributed by atoms with Gasteiger partial charge in [-0.25, -0.2) is 8.42 Å². The van der Waals surface area contributed by atoms with Crippen molar-refractivity contribution in [2.75, 3.05) is 12.9 Å². The molecule has 0 saturated carbocycles. The van der Waals surface area contributed by atoms with Crippen molar-refractivity contribution in [3.05, 3.63) is 28.8 Å². The van der Waals surface area contributed by atoms with E-state index >= 15 is 0 Å². The molecule has 1 aromatic carbocycles. The first-order valence-corrected chi connectivity index (χ1v) is 9.03. The van der Waals surface area contributed by atoms with Crippen molar-refractivity contribution in [2.45, 2.75) is 43.7 Å². The Morgan fingerprint density at radius 2 is 1.85 bits per heavy atom. The van der Waals surface area contributed by atoms with Gasteiger partial charge in [0.25, 0.3) is 0 Å². The minimum Gasteiger partial charge on any atom is -0.496 e. The van der Waals surface area contributed by atoms with Crippen LogP contribution >= 0.6 is 11.6 Å². The van der Waals surface area contributed by atoms with Gasteiger partial charge in [0.1, 0.15) is 5.75 Å². The fourth-order valence-electron chi connectivity index (χ4n) is 2.99. The molecule has 2 atom stereocenters. The van der Waals surface area contributed by atoms with Gasteiger partial charge in [-0.1, -0.05) is 18.6 Å². The van der Waals surface area contributed by atoms with Crippen LogP contribution in [0.2, 0.25) is 0 Å². The van der Waals surface area contributed by atoms with Crippen LogP contribution in [-0.4, -0.2) is 26.5 Å². The lowest BCUT2D eigenvalue weighted by molar-refractivity contribution is 0.408. The largest absolute Gasteiger partial charge is 0.496 e. The number of hydrogen-bond acceptors (Lipinski definition) is 3. The fraction of sp³-hybridized carbons (Fsp3) is 0.600. The van der Waals surface area contributed by atoms with Crippen LogP contribution in [0.4, 0.5) is 0 Å². The number of halogens is 1. The molecule has 1 heterocycles. The predicted octanol–water partition coefficient (Wildman–Crippen LogP) is 3.56. The molecule has 0 N–H and O–H groups in total. The van der Waals surface area contributed by atoms with Crippen molar-refractivity contribution in [2.24, 2.45) is 0 Å². The van der Waals surface area contributed by atoms with E-state index in [1.807, 2.05) is 26.0 Å². The standard InChI is InChI=1S/C15H21ClO3S/c1-10-8-12(9-11(2)15(10)19-3)14(16)13-6-4-5-7-20(13,17)18/h8-9,13-14H,4-7H2,1-3H3. The molecule has 1 fully saturated rings. The van der Waals surface area contributed by atoms with E-state index < -0.39 is 20.5 Å². The maximum absolute atomic E-state index is 12.2. The minimum absolute atomic E-state index is 0.259. The highest BCUT2D eigenvalue weighted by atomic mass is 35.5. The third kappa shape index (κ3) is 2.96. The fourth-order valence-corrected chi connectivity index (χ4v) is 5.67. The van der Waals surface area contributed by atoms with Crippen molar-refractivity contribution in [1.29, 1.82) is 0 Å². The van der Waals surface area contributed by atoms with Gasteiger partial charge in [-0.15, -0.1) is 11.6 Å². The summed E-state index contributed by atoms with van der Waals surface area (Å²) in [5.74, 6) is 1.10. The van der Waals surface area contributed by atoms with Crippen LogP contribution in [-0.2, 0) is 9.84 Å². The minimum atomic E-state index is -3.08. The van der Waals surface area contributed by atoms with Crippen LogP contribution in [0.25, 0.3) is 0 Å². The second-order valence-electron chi connectivity index (χ2n) is 5.49. The quantitative estimate of drug-likeness (QED) is 0.801. The van der Waals surface area contributed by atoms with Gasteiger partial charge >= 0.3 is 0 Å². The van der Waals surface area contributed by atoms with Crippen molar-refractivity contribution in [3.63, 3.8) is 0 Å². The molecular weight excluding hydrogens is 296 g/mol. The van der Waals surface area contributed by atoms with Crippen LogP contribution in [0.15, 0.2) is 12.1 Å². The first kappa shape index (κ1) is 15.6. The Balaban J connectivity index is 2.36. The number of rotatable bonds is 3. The van der Waals surface area contributed by atoms with Crippen molar-refractivity contribution >= 4 is 21.4 Å². The average molecular weight is 317 g/mol. The molecule has 112 valence electrons. The highest BCUT2D eigenvalue weighted by Crippen LogP contribution is 2.37. The highest BCUT2D eigenvalue weighted by Gasteiger charge is 2.35. The van der Waals surface area contributed by atoms with Crippen molar-refractivity contribution in [1.82, 2.24) is 0 Å². The molecule has 0 amide bonds. The number of benzene rings is 1. The zero-order valence-electron chi connectivity index (χ0n) is 12.1. The van der Waals surface area contributed by atoms with Gasteiger partial charge in [-0.3, -0.25) is 0 Å². The Kier molecular flexibility index (Phi) is 4.65. The van der Waals surface area contributed by atoms with E-state index in [4.69, 9.17) is 16.3 Å². The summed E-state index contributed by atoms with van der Waals surface area (Å²) in [6.45, 7) is 3.91. The lowest BCUT2D eigenvalue weighted by Gasteiger charge is -2.27. The van der Waals surface area contributed by atoms with E-state index in [0.29, 0.717) is 6.42 Å². The lowest BCUT2D eigenvalue weighted by Crippen LogP contribution is -2.32. The van der Waals surface area contributed by atoms with Crippen LogP contribution in [0.5, 0.6) is 5.75 Å². The van der Waals surface area contributed by atoms with E-state index in [2.05, 4.69) is 0 Å². The van der Waals surface area contributed by atoms with E-state index in [1.54, 1.807) is 7.11 Å². The number of methoxy groups -OCH3 is 1.